The average molecular weight is 427 g/mol. The van der Waals surface area contributed by atoms with Gasteiger partial charge in [0.15, 0.2) is 5.16 Å². The van der Waals surface area contributed by atoms with Gasteiger partial charge >= 0.3 is 6.09 Å². The Morgan fingerprint density at radius 2 is 1.93 bits per heavy atom. The molecule has 0 aliphatic carbocycles. The van der Waals surface area contributed by atoms with Crippen LogP contribution in [-0.4, -0.2) is 74.3 Å². The average Bonchev–Trinajstić information content (AvgIpc) is 3.48. The maximum Gasteiger partial charge on any atom is 0.415 e. The largest absolute Gasteiger partial charge is 0.415 e. The van der Waals surface area contributed by atoms with Gasteiger partial charge in [-0.25, -0.2) is 14.8 Å². The molecule has 9 heteroatoms. The lowest BCUT2D eigenvalue weighted by Gasteiger charge is -2.33. The van der Waals surface area contributed by atoms with Crippen LogP contribution in [0.1, 0.15) is 11.3 Å². The lowest BCUT2D eigenvalue weighted by molar-refractivity contribution is 0.111. The Morgan fingerprint density at radius 3 is 2.63 bits per heavy atom. The summed E-state index contributed by atoms with van der Waals surface area (Å²) in [5, 5.41) is 0.932. The normalized spacial score (nSPS) is 14.7. The summed E-state index contributed by atoms with van der Waals surface area (Å²) in [4.78, 5) is 31.1. The number of imidazole rings is 2. The van der Waals surface area contributed by atoms with E-state index in [-0.39, 0.29) is 6.09 Å². The summed E-state index contributed by atoms with van der Waals surface area (Å²) in [6.45, 7) is 4.05. The number of hydrogen-bond acceptors (Lipinski definition) is 6. The van der Waals surface area contributed by atoms with Crippen molar-refractivity contribution in [2.45, 2.75) is 18.0 Å². The molecule has 0 radical (unpaired) electrons. The fraction of sp³-hybridized carbons (Fsp3) is 0.381. The van der Waals surface area contributed by atoms with Gasteiger partial charge in [0.2, 0.25) is 0 Å². The number of H-pyrrole nitrogens is 2. The van der Waals surface area contributed by atoms with Crippen LogP contribution in [0.2, 0.25) is 0 Å². The van der Waals surface area contributed by atoms with Gasteiger partial charge in [-0.2, -0.15) is 0 Å². The number of thioether (sulfide) groups is 1. The molecule has 2 aromatic heterocycles. The summed E-state index contributed by atoms with van der Waals surface area (Å²) < 4.78 is 5.56. The minimum Gasteiger partial charge on any atom is -0.410 e. The van der Waals surface area contributed by atoms with Crippen LogP contribution in [-0.2, 0) is 12.8 Å². The number of benzene rings is 1. The maximum absolute atomic E-state index is 12.5. The quantitative estimate of drug-likeness (QED) is 0.539. The van der Waals surface area contributed by atoms with Gasteiger partial charge in [-0.3, -0.25) is 4.90 Å². The van der Waals surface area contributed by atoms with Crippen molar-refractivity contribution in [2.24, 2.45) is 0 Å². The number of amides is 1. The Labute approximate surface area is 180 Å². The third-order valence-corrected chi connectivity index (χ3v) is 6.02. The molecule has 1 aliphatic rings. The van der Waals surface area contributed by atoms with E-state index in [1.165, 1.54) is 5.56 Å². The number of aryl methyl sites for hydroxylation is 1. The minimum absolute atomic E-state index is 0.274. The first kappa shape index (κ1) is 20.5. The highest BCUT2D eigenvalue weighted by molar-refractivity contribution is 7.99. The Hall–Kier alpha value is -2.78. The summed E-state index contributed by atoms with van der Waals surface area (Å²) in [5.74, 6) is 1.53. The van der Waals surface area contributed by atoms with Crippen molar-refractivity contribution in [2.75, 3.05) is 38.5 Å². The van der Waals surface area contributed by atoms with Gasteiger partial charge in [-0.1, -0.05) is 23.9 Å². The summed E-state index contributed by atoms with van der Waals surface area (Å²) in [7, 11) is 0. The van der Waals surface area contributed by atoms with Gasteiger partial charge in [-0.05, 0) is 24.1 Å². The van der Waals surface area contributed by atoms with Crippen LogP contribution in [0, 0.1) is 0 Å². The molecular formula is C21H26N6O2S. The molecule has 2 N–H and O–H groups in total. The van der Waals surface area contributed by atoms with Crippen LogP contribution in [0.15, 0.2) is 54.3 Å². The first-order valence-corrected chi connectivity index (χ1v) is 11.1. The second kappa shape index (κ2) is 10.3. The smallest absolute Gasteiger partial charge is 0.410 e. The number of ether oxygens (including phenoxy) is 1. The molecule has 4 rings (SSSR count). The number of nitrogens with one attached hydrogen (secondary N) is 2. The molecule has 1 saturated heterocycles. The SMILES string of the molecule is O=C(Oc1ccc(CCSc2ncc[nH]2)cc1)N1CCN(CCc2cnc[nH]2)CC1. The van der Waals surface area contributed by atoms with Gasteiger partial charge in [0.05, 0.1) is 6.33 Å². The highest BCUT2D eigenvalue weighted by Gasteiger charge is 2.22. The van der Waals surface area contributed by atoms with E-state index in [1.807, 2.05) is 36.7 Å². The molecule has 0 atom stereocenters. The molecule has 3 aromatic rings. The predicted molar refractivity (Wildman–Crippen MR) is 116 cm³/mol. The summed E-state index contributed by atoms with van der Waals surface area (Å²) >= 11 is 1.69. The molecule has 8 nitrogen and oxygen atoms in total. The van der Waals surface area contributed by atoms with Gasteiger partial charge in [0.25, 0.3) is 0 Å². The summed E-state index contributed by atoms with van der Waals surface area (Å²) in [5.41, 5.74) is 2.35. The lowest BCUT2D eigenvalue weighted by atomic mass is 10.2. The second-order valence-corrected chi connectivity index (χ2v) is 8.24. The van der Waals surface area contributed by atoms with Crippen LogP contribution in [0.4, 0.5) is 4.79 Å². The van der Waals surface area contributed by atoms with Crippen molar-refractivity contribution in [3.05, 3.63) is 60.4 Å². The highest BCUT2D eigenvalue weighted by Crippen LogP contribution is 2.18. The molecule has 1 amide bonds. The molecule has 3 heterocycles. The number of carbonyl (C=O) groups excluding carboxylic acids is 1. The molecular weight excluding hydrogens is 400 g/mol. The zero-order chi connectivity index (χ0) is 20.6. The topological polar surface area (TPSA) is 90.1 Å². The molecule has 30 heavy (non-hydrogen) atoms. The van der Waals surface area contributed by atoms with Crippen molar-refractivity contribution < 1.29 is 9.53 Å². The van der Waals surface area contributed by atoms with E-state index in [2.05, 4.69) is 24.8 Å². The number of piperazine rings is 1. The van der Waals surface area contributed by atoms with Crippen LogP contribution < -0.4 is 4.74 Å². The molecule has 0 bridgehead atoms. The van der Waals surface area contributed by atoms with Gasteiger partial charge in [-0.15, -0.1) is 0 Å². The summed E-state index contributed by atoms with van der Waals surface area (Å²) in [6, 6.07) is 7.76. The number of hydrogen-bond donors (Lipinski definition) is 2. The van der Waals surface area contributed by atoms with Crippen molar-refractivity contribution in [1.82, 2.24) is 29.7 Å². The van der Waals surface area contributed by atoms with E-state index in [1.54, 1.807) is 29.2 Å². The van der Waals surface area contributed by atoms with Crippen LogP contribution >= 0.6 is 11.8 Å². The molecule has 1 fully saturated rings. The van der Waals surface area contributed by atoms with Crippen molar-refractivity contribution in [3.63, 3.8) is 0 Å². The number of aromatic nitrogens is 4. The Balaban J connectivity index is 1.16. The predicted octanol–water partition coefficient (Wildman–Crippen LogP) is 2.83. The van der Waals surface area contributed by atoms with Crippen molar-refractivity contribution in [3.8, 4) is 5.75 Å². The molecule has 0 spiro atoms. The minimum atomic E-state index is -0.274. The van der Waals surface area contributed by atoms with Crippen molar-refractivity contribution in [1.29, 1.82) is 0 Å². The van der Waals surface area contributed by atoms with Crippen LogP contribution in [0.5, 0.6) is 5.75 Å². The van der Waals surface area contributed by atoms with Gasteiger partial charge in [0.1, 0.15) is 5.75 Å². The van der Waals surface area contributed by atoms with Crippen LogP contribution in [0.25, 0.3) is 0 Å². The number of aromatic amines is 2. The summed E-state index contributed by atoms with van der Waals surface area (Å²) in [6.07, 6.45) is 8.74. The molecule has 0 saturated carbocycles. The van der Waals surface area contributed by atoms with Crippen molar-refractivity contribution >= 4 is 17.9 Å². The second-order valence-electron chi connectivity index (χ2n) is 7.16. The number of nitrogens with zero attached hydrogens (tertiary/aromatic N) is 4. The maximum atomic E-state index is 12.5. The Bertz CT molecular complexity index is 890. The molecule has 158 valence electrons. The third-order valence-electron chi connectivity index (χ3n) is 5.11. The third kappa shape index (κ3) is 5.87. The molecule has 0 unspecified atom stereocenters. The van der Waals surface area contributed by atoms with Crippen LogP contribution in [0.3, 0.4) is 0 Å². The van der Waals surface area contributed by atoms with Gasteiger partial charge in [0, 0.05) is 69.2 Å². The number of carbonyl (C=O) groups is 1. The van der Waals surface area contributed by atoms with E-state index in [0.717, 1.165) is 49.1 Å². The van der Waals surface area contributed by atoms with E-state index >= 15 is 0 Å². The van der Waals surface area contributed by atoms with Gasteiger partial charge < -0.3 is 19.6 Å². The standard InChI is InChI=1S/C21H26N6O2S/c28-21(27-12-10-26(11-13-27)9-5-18-15-22-16-25-18)29-19-3-1-17(2-4-19)6-14-30-20-23-7-8-24-20/h1-4,7-8,15-16H,5-6,9-14H2,(H,22,25)(H,23,24). The number of rotatable bonds is 8. The Morgan fingerprint density at radius 1 is 1.10 bits per heavy atom. The lowest BCUT2D eigenvalue weighted by Crippen LogP contribution is -2.49. The van der Waals surface area contributed by atoms with E-state index < -0.39 is 0 Å². The van der Waals surface area contributed by atoms with E-state index in [9.17, 15) is 4.79 Å². The molecule has 1 aromatic carbocycles. The van der Waals surface area contributed by atoms with E-state index in [0.29, 0.717) is 18.8 Å². The highest BCUT2D eigenvalue weighted by atomic mass is 32.2. The fourth-order valence-corrected chi connectivity index (χ4v) is 4.16. The zero-order valence-electron chi connectivity index (χ0n) is 16.8. The fourth-order valence-electron chi connectivity index (χ4n) is 3.34. The molecule has 1 aliphatic heterocycles. The first-order chi connectivity index (χ1) is 14.8. The first-order valence-electron chi connectivity index (χ1n) is 10.1. The Kier molecular flexibility index (Phi) is 7.04. The van der Waals surface area contributed by atoms with E-state index in [4.69, 9.17) is 4.74 Å². The zero-order valence-corrected chi connectivity index (χ0v) is 17.6. The monoisotopic (exact) mass is 426 g/mol.